The Morgan fingerprint density at radius 1 is 1.23 bits per heavy atom. The highest BCUT2D eigenvalue weighted by atomic mass is 32.2. The van der Waals surface area contributed by atoms with Crippen LogP contribution in [-0.4, -0.2) is 43.9 Å². The maximum Gasteiger partial charge on any atom is 0.270 e. The summed E-state index contributed by atoms with van der Waals surface area (Å²) in [4.78, 5) is 10.2. The second-order valence-corrected chi connectivity index (χ2v) is 8.00. The van der Waals surface area contributed by atoms with Crippen molar-refractivity contribution in [1.82, 2.24) is 4.31 Å². The highest BCUT2D eigenvalue weighted by Crippen LogP contribution is 2.31. The molecule has 0 radical (unpaired) electrons. The molecule has 0 saturated heterocycles. The summed E-state index contributed by atoms with van der Waals surface area (Å²) in [7, 11) is -2.49. The molecular weight excluding hydrogens is 360 g/mol. The van der Waals surface area contributed by atoms with Crippen LogP contribution >= 0.6 is 0 Å². The molecule has 0 spiro atoms. The molecule has 0 saturated carbocycles. The van der Waals surface area contributed by atoms with Gasteiger partial charge in [-0.3, -0.25) is 10.1 Å². The van der Waals surface area contributed by atoms with Crippen LogP contribution in [0, 0.1) is 17.0 Å². The van der Waals surface area contributed by atoms with Gasteiger partial charge in [0.25, 0.3) is 5.69 Å². The van der Waals surface area contributed by atoms with Crippen molar-refractivity contribution < 1.29 is 22.8 Å². The lowest BCUT2D eigenvalue weighted by molar-refractivity contribution is -0.385. The number of non-ortho nitro benzene ring substituents is 1. The van der Waals surface area contributed by atoms with E-state index in [0.29, 0.717) is 17.1 Å². The number of hydrogen-bond donors (Lipinski definition) is 0. The van der Waals surface area contributed by atoms with Gasteiger partial charge >= 0.3 is 0 Å². The van der Waals surface area contributed by atoms with Crippen molar-refractivity contribution in [1.29, 1.82) is 0 Å². The molecule has 0 bridgehead atoms. The van der Waals surface area contributed by atoms with E-state index < -0.39 is 21.1 Å². The van der Waals surface area contributed by atoms with Crippen LogP contribution in [0.1, 0.15) is 5.56 Å². The summed E-state index contributed by atoms with van der Waals surface area (Å²) in [5, 5.41) is 11.0. The zero-order valence-corrected chi connectivity index (χ0v) is 15.1. The van der Waals surface area contributed by atoms with E-state index in [1.165, 1.54) is 19.2 Å². The van der Waals surface area contributed by atoms with Gasteiger partial charge in [-0.2, -0.15) is 4.31 Å². The van der Waals surface area contributed by atoms with Gasteiger partial charge in [0.05, 0.1) is 16.4 Å². The standard InChI is InChI=1S/C17H18N2O6S/c1-12-7-8-13(19(20)21)9-17(12)26(22,23)18(2)10-14-11-24-15-5-3-4-6-16(15)25-14/h3-9,14H,10-11H2,1-2H3. The number of hydrogen-bond acceptors (Lipinski definition) is 6. The number of likely N-dealkylation sites (N-methyl/N-ethyl adjacent to an activating group) is 1. The molecular formula is C17H18N2O6S. The first-order chi connectivity index (χ1) is 12.3. The molecule has 1 aliphatic heterocycles. The predicted octanol–water partition coefficient (Wildman–Crippen LogP) is 2.36. The summed E-state index contributed by atoms with van der Waals surface area (Å²) in [5.41, 5.74) is 0.169. The molecule has 0 aliphatic carbocycles. The number of ether oxygens (including phenoxy) is 2. The van der Waals surface area contributed by atoms with Crippen molar-refractivity contribution in [3.05, 3.63) is 58.1 Å². The van der Waals surface area contributed by atoms with Crippen LogP contribution < -0.4 is 9.47 Å². The Bertz CT molecular complexity index is 944. The van der Waals surface area contributed by atoms with E-state index in [1.807, 2.05) is 6.07 Å². The fourth-order valence-electron chi connectivity index (χ4n) is 2.69. The molecule has 1 heterocycles. The molecule has 1 atom stereocenters. The first-order valence-corrected chi connectivity index (χ1v) is 9.33. The first kappa shape index (κ1) is 18.2. The van der Waals surface area contributed by atoms with Gasteiger partial charge in [-0.15, -0.1) is 0 Å². The average molecular weight is 378 g/mol. The minimum absolute atomic E-state index is 0.0544. The second kappa shape index (κ2) is 6.93. The van der Waals surface area contributed by atoms with Gasteiger partial charge < -0.3 is 9.47 Å². The lowest BCUT2D eigenvalue weighted by Gasteiger charge is -2.29. The molecule has 3 rings (SSSR count). The highest BCUT2D eigenvalue weighted by molar-refractivity contribution is 7.89. The molecule has 0 fully saturated rings. The molecule has 138 valence electrons. The number of sulfonamides is 1. The highest BCUT2D eigenvalue weighted by Gasteiger charge is 2.30. The summed E-state index contributed by atoms with van der Waals surface area (Å²) < 4.78 is 38.2. The number of nitro benzene ring substituents is 1. The molecule has 0 amide bonds. The number of benzene rings is 2. The zero-order chi connectivity index (χ0) is 18.9. The zero-order valence-electron chi connectivity index (χ0n) is 14.3. The van der Waals surface area contributed by atoms with Crippen LogP contribution in [0.25, 0.3) is 0 Å². The summed E-state index contributed by atoms with van der Waals surface area (Å²) >= 11 is 0. The molecule has 0 N–H and O–H groups in total. The molecule has 9 heteroatoms. The molecule has 1 unspecified atom stereocenters. The topological polar surface area (TPSA) is 99.0 Å². The third-order valence-corrected chi connectivity index (χ3v) is 6.06. The van der Waals surface area contributed by atoms with E-state index >= 15 is 0 Å². The molecule has 26 heavy (non-hydrogen) atoms. The molecule has 8 nitrogen and oxygen atoms in total. The van der Waals surface area contributed by atoms with Crippen LogP contribution in [0.2, 0.25) is 0 Å². The summed E-state index contributed by atoms with van der Waals surface area (Å²) in [6.07, 6.45) is -0.483. The monoisotopic (exact) mass is 378 g/mol. The Balaban J connectivity index is 1.80. The van der Waals surface area contributed by atoms with Gasteiger partial charge in [0.2, 0.25) is 10.0 Å². The van der Waals surface area contributed by atoms with Crippen molar-refractivity contribution >= 4 is 15.7 Å². The first-order valence-electron chi connectivity index (χ1n) is 7.89. The molecule has 2 aromatic rings. The largest absolute Gasteiger partial charge is 0.486 e. The quantitative estimate of drug-likeness (QED) is 0.585. The normalized spacial score (nSPS) is 16.5. The van der Waals surface area contributed by atoms with Crippen LogP contribution in [0.5, 0.6) is 11.5 Å². The Labute approximate surface area is 151 Å². The summed E-state index contributed by atoms with van der Waals surface area (Å²) in [5.74, 6) is 1.17. The van der Waals surface area contributed by atoms with Crippen LogP contribution in [-0.2, 0) is 10.0 Å². The average Bonchev–Trinajstić information content (AvgIpc) is 2.61. The van der Waals surface area contributed by atoms with E-state index in [-0.39, 0.29) is 23.7 Å². The van der Waals surface area contributed by atoms with Crippen molar-refractivity contribution in [2.24, 2.45) is 0 Å². The minimum atomic E-state index is -3.91. The Morgan fingerprint density at radius 3 is 2.62 bits per heavy atom. The van der Waals surface area contributed by atoms with Gasteiger partial charge in [0.1, 0.15) is 12.7 Å². The minimum Gasteiger partial charge on any atom is -0.486 e. The molecule has 0 aromatic heterocycles. The molecule has 1 aliphatic rings. The van der Waals surface area contributed by atoms with E-state index in [0.717, 1.165) is 10.4 Å². The maximum absolute atomic E-state index is 12.9. The Kier molecular flexibility index (Phi) is 4.84. The van der Waals surface area contributed by atoms with Crippen LogP contribution in [0.3, 0.4) is 0 Å². The fraction of sp³-hybridized carbons (Fsp3) is 0.294. The van der Waals surface area contributed by atoms with Crippen molar-refractivity contribution in [2.45, 2.75) is 17.9 Å². The van der Waals surface area contributed by atoms with Gasteiger partial charge in [0.15, 0.2) is 11.5 Å². The van der Waals surface area contributed by atoms with Gasteiger partial charge in [-0.1, -0.05) is 18.2 Å². The maximum atomic E-state index is 12.9. The lowest BCUT2D eigenvalue weighted by Crippen LogP contribution is -2.41. The van der Waals surface area contributed by atoms with Crippen LogP contribution in [0.4, 0.5) is 5.69 Å². The number of nitro groups is 1. The van der Waals surface area contributed by atoms with Crippen molar-refractivity contribution in [3.63, 3.8) is 0 Å². The SMILES string of the molecule is Cc1ccc([N+](=O)[O-])cc1S(=O)(=O)N(C)CC1COc2ccccc2O1. The number of nitrogens with zero attached hydrogens (tertiary/aromatic N) is 2. The third kappa shape index (κ3) is 3.49. The summed E-state index contributed by atoms with van der Waals surface area (Å²) in [6, 6.07) is 10.9. The lowest BCUT2D eigenvalue weighted by atomic mass is 10.2. The summed E-state index contributed by atoms with van der Waals surface area (Å²) in [6.45, 7) is 1.87. The Hall–Kier alpha value is -2.65. The molecule has 2 aromatic carbocycles. The van der Waals surface area contributed by atoms with Gasteiger partial charge in [-0.05, 0) is 24.6 Å². The number of fused-ring (bicyclic) bond motifs is 1. The van der Waals surface area contributed by atoms with E-state index in [1.54, 1.807) is 25.1 Å². The van der Waals surface area contributed by atoms with Gasteiger partial charge in [-0.25, -0.2) is 8.42 Å². The predicted molar refractivity (Wildman–Crippen MR) is 94.0 cm³/mol. The Morgan fingerprint density at radius 2 is 1.92 bits per heavy atom. The van der Waals surface area contributed by atoms with Gasteiger partial charge in [0, 0.05) is 19.2 Å². The number of aryl methyl sites for hydroxylation is 1. The van der Waals surface area contributed by atoms with E-state index in [4.69, 9.17) is 9.47 Å². The number of rotatable bonds is 5. The number of para-hydroxylation sites is 2. The van der Waals surface area contributed by atoms with Crippen molar-refractivity contribution in [3.8, 4) is 11.5 Å². The van der Waals surface area contributed by atoms with E-state index in [9.17, 15) is 18.5 Å². The second-order valence-electron chi connectivity index (χ2n) is 5.99. The van der Waals surface area contributed by atoms with Crippen LogP contribution in [0.15, 0.2) is 47.4 Å². The smallest absolute Gasteiger partial charge is 0.270 e. The van der Waals surface area contributed by atoms with E-state index in [2.05, 4.69) is 0 Å². The fourth-order valence-corrected chi connectivity index (χ4v) is 4.13. The third-order valence-electron chi connectivity index (χ3n) is 4.10. The van der Waals surface area contributed by atoms with Crippen molar-refractivity contribution in [2.75, 3.05) is 20.2 Å².